The number of rotatable bonds is 4. The number of aliphatic hydroxyl groups is 1. The van der Waals surface area contributed by atoms with E-state index in [1.807, 2.05) is 6.92 Å². The van der Waals surface area contributed by atoms with Gasteiger partial charge >= 0.3 is 5.97 Å². The molecule has 0 aliphatic carbocycles. The molecule has 0 aromatic heterocycles. The van der Waals surface area contributed by atoms with Crippen LogP contribution in [0.25, 0.3) is 0 Å². The Morgan fingerprint density at radius 1 is 1.53 bits per heavy atom. The van der Waals surface area contributed by atoms with Gasteiger partial charge in [0.05, 0.1) is 31.8 Å². The summed E-state index contributed by atoms with van der Waals surface area (Å²) in [5.41, 5.74) is 2.74. The summed E-state index contributed by atoms with van der Waals surface area (Å²) in [6, 6.07) is 5.49. The number of carbonyl (C=O) groups excluding carboxylic acids is 1. The van der Waals surface area contributed by atoms with E-state index in [-0.39, 0.29) is 19.0 Å². The van der Waals surface area contributed by atoms with Gasteiger partial charge in [-0.15, -0.1) is 0 Å². The first kappa shape index (κ1) is 13.2. The maximum absolute atomic E-state index is 11.3. The zero-order valence-corrected chi connectivity index (χ0v) is 9.99. The zero-order valence-electron chi connectivity index (χ0n) is 9.99. The number of hydrogen-bond donors (Lipinski definition) is 1. The number of nitriles is 1. The predicted octanol–water partition coefficient (Wildman–Crippen LogP) is 1.33. The highest BCUT2D eigenvalue weighted by Gasteiger charge is 2.12. The van der Waals surface area contributed by atoms with E-state index in [4.69, 9.17) is 10.4 Å². The van der Waals surface area contributed by atoms with Crippen molar-refractivity contribution in [2.24, 2.45) is 0 Å². The third-order valence-corrected chi connectivity index (χ3v) is 2.62. The number of carbonyl (C=O) groups is 1. The van der Waals surface area contributed by atoms with Crippen molar-refractivity contribution in [1.82, 2.24) is 0 Å². The molecule has 0 aliphatic heterocycles. The van der Waals surface area contributed by atoms with Crippen molar-refractivity contribution in [2.75, 3.05) is 7.11 Å². The zero-order chi connectivity index (χ0) is 12.8. The summed E-state index contributed by atoms with van der Waals surface area (Å²) in [7, 11) is 1.33. The van der Waals surface area contributed by atoms with Crippen molar-refractivity contribution in [3.8, 4) is 6.07 Å². The van der Waals surface area contributed by atoms with Crippen molar-refractivity contribution in [1.29, 1.82) is 5.26 Å². The maximum Gasteiger partial charge on any atom is 0.309 e. The fourth-order valence-corrected chi connectivity index (χ4v) is 1.79. The lowest BCUT2D eigenvalue weighted by molar-refractivity contribution is -0.139. The molecule has 4 heteroatoms. The third-order valence-electron chi connectivity index (χ3n) is 2.62. The van der Waals surface area contributed by atoms with Gasteiger partial charge in [0.2, 0.25) is 0 Å². The van der Waals surface area contributed by atoms with Crippen molar-refractivity contribution >= 4 is 5.97 Å². The highest BCUT2D eigenvalue weighted by Crippen LogP contribution is 2.19. The lowest BCUT2D eigenvalue weighted by atomic mass is 9.94. The molecule has 1 aromatic carbocycles. The second kappa shape index (κ2) is 6.02. The van der Waals surface area contributed by atoms with Gasteiger partial charge in [0.15, 0.2) is 0 Å². The number of benzene rings is 1. The van der Waals surface area contributed by atoms with E-state index in [1.165, 1.54) is 7.11 Å². The van der Waals surface area contributed by atoms with E-state index in [2.05, 4.69) is 10.8 Å². The molecule has 1 aromatic rings. The third kappa shape index (κ3) is 3.05. The number of aliphatic hydroxyl groups excluding tert-OH is 1. The second-order valence-electron chi connectivity index (χ2n) is 3.66. The summed E-state index contributed by atoms with van der Waals surface area (Å²) in [6.45, 7) is 1.78. The van der Waals surface area contributed by atoms with E-state index < -0.39 is 0 Å². The second-order valence-corrected chi connectivity index (χ2v) is 3.66. The fraction of sp³-hybridized carbons (Fsp3) is 0.385. The normalized spacial score (nSPS) is 9.76. The highest BCUT2D eigenvalue weighted by molar-refractivity contribution is 5.73. The van der Waals surface area contributed by atoms with Crippen LogP contribution in [0.2, 0.25) is 0 Å². The number of ether oxygens (including phenoxy) is 1. The van der Waals surface area contributed by atoms with Crippen LogP contribution in [0.3, 0.4) is 0 Å². The smallest absolute Gasteiger partial charge is 0.309 e. The van der Waals surface area contributed by atoms with E-state index in [0.29, 0.717) is 17.5 Å². The van der Waals surface area contributed by atoms with Gasteiger partial charge in [0.25, 0.3) is 0 Å². The Hall–Kier alpha value is -1.86. The Bertz CT molecular complexity index is 460. The minimum atomic E-state index is -0.348. The average Bonchev–Trinajstić information content (AvgIpc) is 2.37. The quantitative estimate of drug-likeness (QED) is 0.796. The van der Waals surface area contributed by atoms with Crippen LogP contribution in [0.5, 0.6) is 0 Å². The molecular weight excluding hydrogens is 218 g/mol. The number of methoxy groups -OCH3 is 1. The predicted molar refractivity (Wildman–Crippen MR) is 62.2 cm³/mol. The lowest BCUT2D eigenvalue weighted by Crippen LogP contribution is -2.08. The highest BCUT2D eigenvalue weighted by atomic mass is 16.5. The summed E-state index contributed by atoms with van der Waals surface area (Å²) >= 11 is 0. The lowest BCUT2D eigenvalue weighted by Gasteiger charge is -2.11. The van der Waals surface area contributed by atoms with Crippen LogP contribution in [0.4, 0.5) is 0 Å². The molecule has 0 amide bonds. The van der Waals surface area contributed by atoms with Crippen LogP contribution in [-0.4, -0.2) is 18.2 Å². The van der Waals surface area contributed by atoms with Crippen LogP contribution >= 0.6 is 0 Å². The Morgan fingerprint density at radius 3 is 2.71 bits per heavy atom. The first-order valence-electron chi connectivity index (χ1n) is 5.38. The molecule has 17 heavy (non-hydrogen) atoms. The molecule has 1 rings (SSSR count). The summed E-state index contributed by atoms with van der Waals surface area (Å²) in [4.78, 5) is 11.3. The Labute approximate surface area is 100 Å². The Balaban J connectivity index is 3.25. The first-order valence-corrected chi connectivity index (χ1v) is 5.38. The standard InChI is InChI=1S/C13H15NO3/c1-3-12-10(6-13(16)17-2)4-9(8-15)5-11(12)7-14/h4-5,15H,3,6,8H2,1-2H3. The van der Waals surface area contributed by atoms with Gasteiger partial charge in [-0.3, -0.25) is 4.79 Å². The molecule has 90 valence electrons. The molecule has 0 aliphatic rings. The number of hydrogen-bond acceptors (Lipinski definition) is 4. The van der Waals surface area contributed by atoms with Gasteiger partial charge in [-0.25, -0.2) is 0 Å². The van der Waals surface area contributed by atoms with Crippen LogP contribution in [-0.2, 0) is 29.0 Å². The Kier molecular flexibility index (Phi) is 4.68. The fourth-order valence-electron chi connectivity index (χ4n) is 1.79. The topological polar surface area (TPSA) is 70.3 Å². The molecular formula is C13H15NO3. The molecule has 0 spiro atoms. The molecule has 4 nitrogen and oxygen atoms in total. The summed E-state index contributed by atoms with van der Waals surface area (Å²) in [5.74, 6) is -0.348. The first-order chi connectivity index (χ1) is 8.15. The van der Waals surface area contributed by atoms with Crippen molar-refractivity contribution in [3.05, 3.63) is 34.4 Å². The van der Waals surface area contributed by atoms with Crippen molar-refractivity contribution in [3.63, 3.8) is 0 Å². The average molecular weight is 233 g/mol. The van der Waals surface area contributed by atoms with Gasteiger partial charge in [-0.05, 0) is 29.2 Å². The molecule has 0 saturated carbocycles. The van der Waals surface area contributed by atoms with E-state index in [0.717, 1.165) is 11.1 Å². The summed E-state index contributed by atoms with van der Waals surface area (Å²) < 4.78 is 4.62. The van der Waals surface area contributed by atoms with Crippen LogP contribution < -0.4 is 0 Å². The van der Waals surface area contributed by atoms with Crippen LogP contribution in [0.15, 0.2) is 12.1 Å². The maximum atomic E-state index is 11.3. The Morgan fingerprint density at radius 2 is 2.24 bits per heavy atom. The van der Waals surface area contributed by atoms with Crippen LogP contribution in [0.1, 0.15) is 29.2 Å². The van der Waals surface area contributed by atoms with Gasteiger partial charge < -0.3 is 9.84 Å². The number of nitrogens with zero attached hydrogens (tertiary/aromatic N) is 1. The van der Waals surface area contributed by atoms with Gasteiger partial charge in [-0.1, -0.05) is 13.0 Å². The monoisotopic (exact) mass is 233 g/mol. The number of esters is 1. The summed E-state index contributed by atoms with van der Waals surface area (Å²) in [5, 5.41) is 18.1. The molecule has 0 radical (unpaired) electrons. The largest absolute Gasteiger partial charge is 0.469 e. The minimum Gasteiger partial charge on any atom is -0.469 e. The van der Waals surface area contributed by atoms with Crippen LogP contribution in [0, 0.1) is 11.3 Å². The van der Waals surface area contributed by atoms with Gasteiger partial charge in [0.1, 0.15) is 0 Å². The molecule has 0 fully saturated rings. The molecule has 0 atom stereocenters. The molecule has 0 heterocycles. The van der Waals surface area contributed by atoms with Gasteiger partial charge in [0, 0.05) is 0 Å². The van der Waals surface area contributed by atoms with E-state index in [9.17, 15) is 4.79 Å². The van der Waals surface area contributed by atoms with Crippen molar-refractivity contribution in [2.45, 2.75) is 26.4 Å². The summed E-state index contributed by atoms with van der Waals surface area (Å²) in [6.07, 6.45) is 0.795. The van der Waals surface area contributed by atoms with E-state index >= 15 is 0 Å². The molecule has 1 N–H and O–H groups in total. The SMILES string of the molecule is CCc1c(C#N)cc(CO)cc1CC(=O)OC. The molecule has 0 unspecified atom stereocenters. The van der Waals surface area contributed by atoms with Gasteiger partial charge in [-0.2, -0.15) is 5.26 Å². The molecule has 0 bridgehead atoms. The molecule has 0 saturated heterocycles. The van der Waals surface area contributed by atoms with E-state index in [1.54, 1.807) is 12.1 Å². The minimum absolute atomic E-state index is 0.127. The van der Waals surface area contributed by atoms with Crippen molar-refractivity contribution < 1.29 is 14.6 Å².